The molecule has 0 N–H and O–H groups in total. The zero-order valence-electron chi connectivity index (χ0n) is 21.4. The lowest BCUT2D eigenvalue weighted by Crippen LogP contribution is -2.39. The third kappa shape index (κ3) is 6.93. The van der Waals surface area contributed by atoms with E-state index in [0.29, 0.717) is 24.5 Å². The van der Waals surface area contributed by atoms with E-state index >= 15 is 0 Å². The molecule has 2 aliphatic heterocycles. The zero-order valence-corrected chi connectivity index (χ0v) is 22.1. The van der Waals surface area contributed by atoms with Crippen molar-refractivity contribution in [2.45, 2.75) is 65.8 Å². The monoisotopic (exact) mass is 503 g/mol. The third-order valence-corrected chi connectivity index (χ3v) is 7.89. The topological polar surface area (TPSA) is 49.6 Å². The maximum Gasteiger partial charge on any atom is 0.231 e. The molecule has 2 atom stereocenters. The molecule has 35 heavy (non-hydrogen) atoms. The van der Waals surface area contributed by atoms with Gasteiger partial charge in [-0.2, -0.15) is 0 Å². The molecule has 3 heterocycles. The number of Topliss-reactive ketones (excluding diaryl/α,β-unsaturated/α-hetero) is 1. The highest BCUT2D eigenvalue weighted by atomic mass is 35.5. The van der Waals surface area contributed by atoms with Crippen molar-refractivity contribution in [1.82, 2.24) is 14.8 Å². The van der Waals surface area contributed by atoms with Crippen LogP contribution < -0.4 is 0 Å². The first-order valence-corrected chi connectivity index (χ1v) is 13.6. The first-order valence-electron chi connectivity index (χ1n) is 13.2. The number of hydrogen-bond acceptors (Lipinski definition) is 5. The molecule has 0 radical (unpaired) electrons. The lowest BCUT2D eigenvalue weighted by Gasteiger charge is -2.35. The van der Waals surface area contributed by atoms with Gasteiger partial charge in [-0.3, -0.25) is 9.69 Å². The summed E-state index contributed by atoms with van der Waals surface area (Å²) >= 11 is 6.17. The number of aromatic nitrogens is 1. The van der Waals surface area contributed by atoms with Crippen molar-refractivity contribution < 1.29 is 13.6 Å². The van der Waals surface area contributed by atoms with Crippen LogP contribution in [0, 0.1) is 30.5 Å². The number of rotatable bonds is 9. The summed E-state index contributed by atoms with van der Waals surface area (Å²) in [7, 11) is 0. The molecule has 2 aromatic rings. The molecule has 0 bridgehead atoms. The van der Waals surface area contributed by atoms with Crippen LogP contribution in [-0.4, -0.2) is 53.3 Å². The van der Waals surface area contributed by atoms with E-state index in [1.54, 1.807) is 12.1 Å². The maximum absolute atomic E-state index is 14.3. The van der Waals surface area contributed by atoms with Crippen LogP contribution in [0.25, 0.3) is 11.5 Å². The van der Waals surface area contributed by atoms with Gasteiger partial charge in [0.15, 0.2) is 0 Å². The Morgan fingerprint density at radius 1 is 1.14 bits per heavy atom. The Morgan fingerprint density at radius 3 is 2.54 bits per heavy atom. The minimum Gasteiger partial charge on any atom is -0.441 e. The molecule has 4 rings (SSSR count). The number of nitrogens with zero attached hydrogens (tertiary/aromatic N) is 3. The molecule has 2 fully saturated rings. The van der Waals surface area contributed by atoms with Crippen molar-refractivity contribution in [3.63, 3.8) is 0 Å². The van der Waals surface area contributed by atoms with Gasteiger partial charge < -0.3 is 9.32 Å². The third-order valence-electron chi connectivity index (χ3n) is 7.58. The molecule has 0 spiro atoms. The molecule has 2 aliphatic rings. The Balaban J connectivity index is 1.20. The number of ketones is 1. The summed E-state index contributed by atoms with van der Waals surface area (Å²) in [5.74, 6) is 2.64. The zero-order chi connectivity index (χ0) is 24.9. The summed E-state index contributed by atoms with van der Waals surface area (Å²) in [6.07, 6.45) is 5.94. The molecule has 7 heteroatoms. The van der Waals surface area contributed by atoms with Crippen molar-refractivity contribution in [1.29, 1.82) is 0 Å². The van der Waals surface area contributed by atoms with Gasteiger partial charge in [0.2, 0.25) is 5.89 Å². The first-order chi connectivity index (χ1) is 16.8. The van der Waals surface area contributed by atoms with E-state index in [1.165, 1.54) is 25.6 Å². The van der Waals surface area contributed by atoms with Gasteiger partial charge in [0, 0.05) is 32.0 Å². The van der Waals surface area contributed by atoms with Gasteiger partial charge in [-0.05, 0) is 82.6 Å². The molecule has 0 aliphatic carbocycles. The van der Waals surface area contributed by atoms with E-state index in [1.807, 2.05) is 6.92 Å². The number of unbranched alkanes of at least 4 members (excludes halogenated alkanes) is 1. The Morgan fingerprint density at radius 2 is 1.86 bits per heavy atom. The van der Waals surface area contributed by atoms with E-state index in [2.05, 4.69) is 28.6 Å². The van der Waals surface area contributed by atoms with E-state index in [9.17, 15) is 9.18 Å². The van der Waals surface area contributed by atoms with E-state index < -0.39 is 5.82 Å². The number of piperidine rings is 2. The number of aryl methyl sites for hydroxylation is 1. The van der Waals surface area contributed by atoms with Crippen LogP contribution in [0.4, 0.5) is 4.39 Å². The van der Waals surface area contributed by atoms with Gasteiger partial charge in [-0.25, -0.2) is 9.37 Å². The van der Waals surface area contributed by atoms with Crippen molar-refractivity contribution in [2.24, 2.45) is 17.8 Å². The number of likely N-dealkylation sites (tertiary alicyclic amines) is 2. The smallest absolute Gasteiger partial charge is 0.231 e. The van der Waals surface area contributed by atoms with Crippen LogP contribution in [0.15, 0.2) is 22.6 Å². The van der Waals surface area contributed by atoms with Gasteiger partial charge in [-0.15, -0.1) is 0 Å². The fraction of sp³-hybridized carbons (Fsp3) is 0.643. The predicted molar refractivity (Wildman–Crippen MR) is 138 cm³/mol. The second-order valence-electron chi connectivity index (χ2n) is 10.8. The summed E-state index contributed by atoms with van der Waals surface area (Å²) in [6, 6.07) is 4.56. The van der Waals surface area contributed by atoms with Gasteiger partial charge in [0.1, 0.15) is 17.4 Å². The predicted octanol–water partition coefficient (Wildman–Crippen LogP) is 6.37. The summed E-state index contributed by atoms with van der Waals surface area (Å²) in [6.45, 7) is 12.4. The van der Waals surface area contributed by atoms with Crippen LogP contribution in [0.1, 0.15) is 63.8 Å². The summed E-state index contributed by atoms with van der Waals surface area (Å²) < 4.78 is 20.0. The second kappa shape index (κ2) is 12.0. The Kier molecular flexibility index (Phi) is 9.01. The summed E-state index contributed by atoms with van der Waals surface area (Å²) in [5.41, 5.74) is 1.00. The van der Waals surface area contributed by atoms with Gasteiger partial charge in [0.25, 0.3) is 0 Å². The molecule has 1 aromatic heterocycles. The molecule has 2 saturated heterocycles. The molecular formula is C28H39ClFN3O2. The lowest BCUT2D eigenvalue weighted by molar-refractivity contribution is -0.124. The lowest BCUT2D eigenvalue weighted by atomic mass is 9.89. The number of benzene rings is 1. The number of oxazole rings is 1. The van der Waals surface area contributed by atoms with Crippen LogP contribution >= 0.6 is 11.6 Å². The highest BCUT2D eigenvalue weighted by molar-refractivity contribution is 6.33. The molecule has 0 saturated carbocycles. The van der Waals surface area contributed by atoms with E-state index in [-0.39, 0.29) is 22.4 Å². The van der Waals surface area contributed by atoms with Crippen LogP contribution in [0.2, 0.25) is 5.02 Å². The first kappa shape index (κ1) is 26.3. The van der Waals surface area contributed by atoms with E-state index in [4.69, 9.17) is 16.0 Å². The summed E-state index contributed by atoms with van der Waals surface area (Å²) in [4.78, 5) is 22.2. The Bertz CT molecular complexity index is 972. The average Bonchev–Trinajstić information content (AvgIpc) is 3.16. The highest BCUT2D eigenvalue weighted by Crippen LogP contribution is 2.32. The fourth-order valence-electron chi connectivity index (χ4n) is 5.82. The summed E-state index contributed by atoms with van der Waals surface area (Å²) in [5, 5.41) is 0.289. The van der Waals surface area contributed by atoms with Crippen molar-refractivity contribution in [3.05, 3.63) is 40.5 Å². The second-order valence-corrected chi connectivity index (χ2v) is 11.2. The minimum atomic E-state index is -0.440. The Labute approximate surface area is 214 Å². The van der Waals surface area contributed by atoms with Gasteiger partial charge in [-0.1, -0.05) is 31.5 Å². The average molecular weight is 504 g/mol. The molecule has 0 unspecified atom stereocenters. The standard InChI is InChI=1S/C28H39ClFN3O2/c1-19-15-20(2)17-33(16-19)12-5-4-9-26(34)22-10-13-32(14-11-22)18-25-21(3)35-28(31-25)27-23(29)7-6-8-24(27)30/h6-8,19-20,22H,4-5,9-18H2,1-3H3/t19-,20+. The normalized spacial score (nSPS) is 22.5. The molecular weight excluding hydrogens is 465 g/mol. The maximum atomic E-state index is 14.3. The van der Waals surface area contributed by atoms with Gasteiger partial charge in [0.05, 0.1) is 16.3 Å². The largest absolute Gasteiger partial charge is 0.441 e. The number of carbonyl (C=O) groups is 1. The van der Waals surface area contributed by atoms with Crippen molar-refractivity contribution in [3.8, 4) is 11.5 Å². The molecule has 5 nitrogen and oxygen atoms in total. The van der Waals surface area contributed by atoms with Crippen molar-refractivity contribution >= 4 is 17.4 Å². The van der Waals surface area contributed by atoms with Crippen LogP contribution in [0.5, 0.6) is 0 Å². The van der Waals surface area contributed by atoms with Crippen LogP contribution in [0.3, 0.4) is 0 Å². The van der Waals surface area contributed by atoms with Crippen LogP contribution in [-0.2, 0) is 11.3 Å². The number of hydrogen-bond donors (Lipinski definition) is 0. The fourth-order valence-corrected chi connectivity index (χ4v) is 6.07. The molecule has 192 valence electrons. The molecule has 1 aromatic carbocycles. The van der Waals surface area contributed by atoms with Gasteiger partial charge >= 0.3 is 0 Å². The van der Waals surface area contributed by atoms with Crippen molar-refractivity contribution in [2.75, 3.05) is 32.7 Å². The minimum absolute atomic E-state index is 0.174. The highest BCUT2D eigenvalue weighted by Gasteiger charge is 2.27. The quantitative estimate of drug-likeness (QED) is 0.372. The van der Waals surface area contributed by atoms with E-state index in [0.717, 1.165) is 62.8 Å². The number of halogens is 2. The Hall–Kier alpha value is -1.76. The molecule has 0 amide bonds. The SMILES string of the molecule is Cc1oc(-c2c(F)cccc2Cl)nc1CN1CCC(C(=O)CCCCN2C[C@H](C)C[C@H](C)C2)CC1. The number of carbonyl (C=O) groups excluding carboxylic acids is 1.